The van der Waals surface area contributed by atoms with Crippen molar-refractivity contribution in [2.75, 3.05) is 7.05 Å². The molecule has 0 saturated carbocycles. The van der Waals surface area contributed by atoms with E-state index in [0.29, 0.717) is 11.2 Å². The molecule has 0 bridgehead atoms. The summed E-state index contributed by atoms with van der Waals surface area (Å²) in [6.07, 6.45) is -4.26. The van der Waals surface area contributed by atoms with Crippen LogP contribution < -0.4 is 5.32 Å². The third-order valence-electron chi connectivity index (χ3n) is 2.35. The summed E-state index contributed by atoms with van der Waals surface area (Å²) < 4.78 is 38.1. The van der Waals surface area contributed by atoms with E-state index in [0.717, 1.165) is 17.0 Å². The van der Waals surface area contributed by atoms with Crippen molar-refractivity contribution < 1.29 is 13.2 Å². The monoisotopic (exact) mass is 245 g/mol. The smallest absolute Gasteiger partial charge is 0.316 e. The highest BCUT2D eigenvalue weighted by Gasteiger charge is 2.30. The maximum Gasteiger partial charge on any atom is 0.416 e. The Morgan fingerprint density at radius 2 is 2.06 bits per heavy atom. The van der Waals surface area contributed by atoms with Gasteiger partial charge in [-0.05, 0) is 35.5 Å². The van der Waals surface area contributed by atoms with E-state index in [-0.39, 0.29) is 0 Å². The van der Waals surface area contributed by atoms with Gasteiger partial charge in [-0.2, -0.15) is 13.2 Å². The molecule has 1 aromatic heterocycles. The first-order chi connectivity index (χ1) is 7.52. The molecule has 1 aromatic carbocycles. The lowest BCUT2D eigenvalue weighted by molar-refractivity contribution is -0.137. The number of alkyl halides is 3. The number of nitrogens with one attached hydrogen (secondary N) is 1. The number of fused-ring (bicyclic) bond motifs is 1. The Kier molecular flexibility index (Phi) is 2.90. The second kappa shape index (κ2) is 4.07. The summed E-state index contributed by atoms with van der Waals surface area (Å²) in [4.78, 5) is 0. The van der Waals surface area contributed by atoms with Crippen LogP contribution in [0, 0.1) is 0 Å². The van der Waals surface area contributed by atoms with Crippen LogP contribution in [0.1, 0.15) is 11.1 Å². The number of rotatable bonds is 2. The highest BCUT2D eigenvalue weighted by Crippen LogP contribution is 2.34. The van der Waals surface area contributed by atoms with Crippen molar-refractivity contribution in [3.63, 3.8) is 0 Å². The van der Waals surface area contributed by atoms with Crippen LogP contribution in [0.2, 0.25) is 0 Å². The largest absolute Gasteiger partial charge is 0.416 e. The number of hydrogen-bond donors (Lipinski definition) is 1. The van der Waals surface area contributed by atoms with Gasteiger partial charge in [0.15, 0.2) is 0 Å². The molecule has 2 rings (SSSR count). The van der Waals surface area contributed by atoms with Gasteiger partial charge in [0.2, 0.25) is 0 Å². The lowest BCUT2D eigenvalue weighted by Crippen LogP contribution is -2.05. The average Bonchev–Trinajstić information content (AvgIpc) is 2.60. The summed E-state index contributed by atoms with van der Waals surface area (Å²) in [5.41, 5.74) is 0.453. The maximum atomic E-state index is 12.5. The van der Waals surface area contributed by atoms with Gasteiger partial charge in [0.05, 0.1) is 5.56 Å². The van der Waals surface area contributed by atoms with Crippen molar-refractivity contribution >= 4 is 21.4 Å². The van der Waals surface area contributed by atoms with Gasteiger partial charge >= 0.3 is 6.18 Å². The summed E-state index contributed by atoms with van der Waals surface area (Å²) in [6, 6.07) is 3.88. The Morgan fingerprint density at radius 1 is 1.31 bits per heavy atom. The molecule has 0 radical (unpaired) electrons. The quantitative estimate of drug-likeness (QED) is 0.851. The van der Waals surface area contributed by atoms with Crippen LogP contribution in [0.5, 0.6) is 0 Å². The third kappa shape index (κ3) is 2.05. The minimum Gasteiger partial charge on any atom is -0.316 e. The van der Waals surface area contributed by atoms with Crippen LogP contribution >= 0.6 is 11.3 Å². The summed E-state index contributed by atoms with van der Waals surface area (Å²) in [7, 11) is 1.81. The van der Waals surface area contributed by atoms with Gasteiger partial charge in [0.1, 0.15) is 0 Å². The summed E-state index contributed by atoms with van der Waals surface area (Å²) in [6.45, 7) is 0.672. The molecule has 16 heavy (non-hydrogen) atoms. The SMILES string of the molecule is CNCc1csc2cc(C(F)(F)F)ccc12. The Bertz CT molecular complexity index is 501. The normalized spacial score (nSPS) is 12.2. The standard InChI is InChI=1S/C11H10F3NS/c1-15-5-7-6-16-10-4-8(11(12,13)14)2-3-9(7)10/h2-4,6,15H,5H2,1H3. The molecular weight excluding hydrogens is 235 g/mol. The second-order valence-corrected chi connectivity index (χ2v) is 4.41. The lowest BCUT2D eigenvalue weighted by Gasteiger charge is -2.06. The summed E-state index contributed by atoms with van der Waals surface area (Å²) in [5, 5.41) is 5.78. The van der Waals surface area contributed by atoms with Gasteiger partial charge in [-0.3, -0.25) is 0 Å². The third-order valence-corrected chi connectivity index (χ3v) is 3.34. The molecular formula is C11H10F3NS. The Labute approximate surface area is 94.9 Å². The number of thiophene rings is 1. The fourth-order valence-electron chi connectivity index (χ4n) is 1.59. The summed E-state index contributed by atoms with van der Waals surface area (Å²) in [5.74, 6) is 0. The number of halogens is 3. The van der Waals surface area contributed by atoms with Crippen LogP contribution in [0.3, 0.4) is 0 Å². The molecule has 2 aromatic rings. The van der Waals surface area contributed by atoms with Crippen LogP contribution in [-0.2, 0) is 12.7 Å². The molecule has 86 valence electrons. The highest BCUT2D eigenvalue weighted by molar-refractivity contribution is 7.17. The molecule has 0 amide bonds. The molecule has 0 aliphatic heterocycles. The van der Waals surface area contributed by atoms with Crippen LogP contribution in [0.4, 0.5) is 13.2 Å². The van der Waals surface area contributed by atoms with Gasteiger partial charge in [0.25, 0.3) is 0 Å². The van der Waals surface area contributed by atoms with E-state index in [1.165, 1.54) is 17.4 Å². The van der Waals surface area contributed by atoms with E-state index in [1.54, 1.807) is 6.07 Å². The predicted octanol–water partition coefficient (Wildman–Crippen LogP) is 3.64. The van der Waals surface area contributed by atoms with Gasteiger partial charge in [0, 0.05) is 11.2 Å². The lowest BCUT2D eigenvalue weighted by atomic mass is 10.1. The van der Waals surface area contributed by atoms with Crippen molar-refractivity contribution in [1.29, 1.82) is 0 Å². The molecule has 1 heterocycles. The average molecular weight is 245 g/mol. The van der Waals surface area contributed by atoms with Crippen LogP contribution in [0.25, 0.3) is 10.1 Å². The van der Waals surface area contributed by atoms with Crippen molar-refractivity contribution in [3.8, 4) is 0 Å². The zero-order valence-corrected chi connectivity index (χ0v) is 9.38. The van der Waals surface area contributed by atoms with Crippen molar-refractivity contribution in [2.24, 2.45) is 0 Å². The Balaban J connectivity index is 2.49. The zero-order chi connectivity index (χ0) is 11.8. The van der Waals surface area contributed by atoms with Crippen LogP contribution in [-0.4, -0.2) is 7.05 Å². The molecule has 0 aliphatic carbocycles. The van der Waals surface area contributed by atoms with Crippen molar-refractivity contribution in [1.82, 2.24) is 5.32 Å². The summed E-state index contributed by atoms with van der Waals surface area (Å²) >= 11 is 1.34. The minimum absolute atomic E-state index is 0.585. The predicted molar refractivity (Wildman–Crippen MR) is 59.6 cm³/mol. The maximum absolute atomic E-state index is 12.5. The Hall–Kier alpha value is -1.07. The van der Waals surface area contributed by atoms with Crippen molar-refractivity contribution in [3.05, 3.63) is 34.7 Å². The molecule has 0 unspecified atom stereocenters. The molecule has 0 spiro atoms. The van der Waals surface area contributed by atoms with E-state index < -0.39 is 11.7 Å². The molecule has 0 atom stereocenters. The van der Waals surface area contributed by atoms with E-state index in [1.807, 2.05) is 12.4 Å². The fourth-order valence-corrected chi connectivity index (χ4v) is 2.59. The van der Waals surface area contributed by atoms with Gasteiger partial charge < -0.3 is 5.32 Å². The van der Waals surface area contributed by atoms with E-state index >= 15 is 0 Å². The zero-order valence-electron chi connectivity index (χ0n) is 8.56. The first-order valence-corrected chi connectivity index (χ1v) is 5.62. The van der Waals surface area contributed by atoms with Gasteiger partial charge in [-0.15, -0.1) is 11.3 Å². The van der Waals surface area contributed by atoms with E-state index in [2.05, 4.69) is 5.32 Å². The molecule has 0 fully saturated rings. The van der Waals surface area contributed by atoms with Gasteiger partial charge in [-0.25, -0.2) is 0 Å². The molecule has 0 saturated heterocycles. The molecule has 1 nitrogen and oxygen atoms in total. The first kappa shape index (κ1) is 11.4. The fraction of sp³-hybridized carbons (Fsp3) is 0.273. The van der Waals surface area contributed by atoms with Crippen LogP contribution in [0.15, 0.2) is 23.6 Å². The van der Waals surface area contributed by atoms with Gasteiger partial charge in [-0.1, -0.05) is 6.07 Å². The highest BCUT2D eigenvalue weighted by atomic mass is 32.1. The number of benzene rings is 1. The van der Waals surface area contributed by atoms with Crippen molar-refractivity contribution in [2.45, 2.75) is 12.7 Å². The molecule has 5 heteroatoms. The topological polar surface area (TPSA) is 12.0 Å². The number of hydrogen-bond acceptors (Lipinski definition) is 2. The second-order valence-electron chi connectivity index (χ2n) is 3.50. The van der Waals surface area contributed by atoms with E-state index in [4.69, 9.17) is 0 Å². The minimum atomic E-state index is -4.26. The Morgan fingerprint density at radius 3 is 2.69 bits per heavy atom. The first-order valence-electron chi connectivity index (χ1n) is 4.74. The molecule has 0 aliphatic rings. The van der Waals surface area contributed by atoms with E-state index in [9.17, 15) is 13.2 Å². The molecule has 1 N–H and O–H groups in total.